The molecule has 4 aliphatic rings. The molecule has 2 aromatic rings. The Balaban J connectivity index is 1.18. The van der Waals surface area contributed by atoms with Gasteiger partial charge in [0.05, 0.1) is 60.4 Å². The van der Waals surface area contributed by atoms with Crippen molar-refractivity contribution >= 4 is 20.1 Å². The molecule has 0 spiro atoms. The molecule has 1 N–H and O–H groups in total. The van der Waals surface area contributed by atoms with Gasteiger partial charge in [-0.15, -0.1) is 0 Å². The fraction of sp³-hybridized carbons (Fsp3) is 0.625. The molecule has 3 fully saturated rings. The number of carbonyl (C=O) groups excluding carboxylic acids is 2. The standard InChI is InChI=1S/C48H69NO7Si/c1-31-26-37(22-24-42-32(2)27-36(53-42)18-15-25-50)54-44(33(31)3)29-45-39(23-21-35-16-11-10-12-17-35)34(4)43(55-45)28-38(56-57(8,9)48(5,6)7)30-49-46(51)40-19-13-14-20-41(40)47(49)52/h10-14,16-17,19-20,31,34,36-39,42-45,50H,2-3,15,18,21-30H2,1,4-9H3/t31-,34-,36+,37?,38+,39?,42+,43?,44?,45+/m1/s1. The van der Waals surface area contributed by atoms with Gasteiger partial charge in [0.15, 0.2) is 8.32 Å². The molecule has 0 saturated carbocycles. The Hall–Kier alpha value is -2.92. The van der Waals surface area contributed by atoms with Crippen LogP contribution in [-0.2, 0) is 25.1 Å². The smallest absolute Gasteiger partial charge is 0.261 e. The molecule has 0 radical (unpaired) electrons. The van der Waals surface area contributed by atoms with E-state index in [-0.39, 0.29) is 84.6 Å². The monoisotopic (exact) mass is 799 g/mol. The van der Waals surface area contributed by atoms with Gasteiger partial charge < -0.3 is 23.7 Å². The highest BCUT2D eigenvalue weighted by Crippen LogP contribution is 2.45. The lowest BCUT2D eigenvalue weighted by Crippen LogP contribution is -2.49. The van der Waals surface area contributed by atoms with Crippen molar-refractivity contribution in [3.05, 3.63) is 95.6 Å². The summed E-state index contributed by atoms with van der Waals surface area (Å²) in [4.78, 5) is 28.6. The van der Waals surface area contributed by atoms with Crippen LogP contribution >= 0.6 is 0 Å². The third-order valence-electron chi connectivity index (χ3n) is 13.9. The van der Waals surface area contributed by atoms with Crippen LogP contribution < -0.4 is 0 Å². The van der Waals surface area contributed by atoms with Crippen LogP contribution in [-0.4, -0.2) is 86.0 Å². The summed E-state index contributed by atoms with van der Waals surface area (Å²) in [5.41, 5.74) is 4.54. The largest absolute Gasteiger partial charge is 0.412 e. The van der Waals surface area contributed by atoms with Crippen LogP contribution in [0.5, 0.6) is 0 Å². The van der Waals surface area contributed by atoms with Crippen LogP contribution in [0.25, 0.3) is 0 Å². The summed E-state index contributed by atoms with van der Waals surface area (Å²) in [5, 5.41) is 9.24. The van der Waals surface area contributed by atoms with Crippen LogP contribution in [0.2, 0.25) is 18.1 Å². The molecule has 0 aromatic heterocycles. The van der Waals surface area contributed by atoms with Gasteiger partial charge in [-0.25, -0.2) is 0 Å². The minimum absolute atomic E-state index is 0.0418. The summed E-state index contributed by atoms with van der Waals surface area (Å²) in [6.07, 6.45) is 8.13. The first kappa shape index (κ1) is 43.7. The van der Waals surface area contributed by atoms with E-state index < -0.39 is 8.32 Å². The van der Waals surface area contributed by atoms with Crippen LogP contribution in [0.4, 0.5) is 0 Å². The number of nitrogens with zero attached hydrogens (tertiary/aromatic N) is 1. The molecule has 2 amide bonds. The van der Waals surface area contributed by atoms with E-state index in [9.17, 15) is 14.7 Å². The number of aliphatic hydroxyl groups is 1. The highest BCUT2D eigenvalue weighted by molar-refractivity contribution is 6.74. The number of aryl methyl sites for hydroxylation is 1. The van der Waals surface area contributed by atoms with Gasteiger partial charge in [0.25, 0.3) is 11.8 Å². The lowest BCUT2D eigenvalue weighted by molar-refractivity contribution is -0.0762. The van der Waals surface area contributed by atoms with Crippen LogP contribution in [0.15, 0.2) is 78.9 Å². The van der Waals surface area contributed by atoms with Gasteiger partial charge >= 0.3 is 0 Å². The number of fused-ring (bicyclic) bond motifs is 1. The number of hydrogen-bond donors (Lipinski definition) is 1. The van der Waals surface area contributed by atoms with E-state index in [0.717, 1.165) is 68.9 Å². The Morgan fingerprint density at radius 2 is 1.51 bits per heavy atom. The summed E-state index contributed by atoms with van der Waals surface area (Å²) in [6, 6.07) is 17.8. The van der Waals surface area contributed by atoms with Gasteiger partial charge in [-0.3, -0.25) is 14.5 Å². The van der Waals surface area contributed by atoms with Gasteiger partial charge in [0.1, 0.15) is 0 Å². The molecule has 9 heteroatoms. The molecule has 3 saturated heterocycles. The molecule has 4 aliphatic heterocycles. The molecule has 0 aliphatic carbocycles. The second-order valence-electron chi connectivity index (χ2n) is 19.0. The highest BCUT2D eigenvalue weighted by Gasteiger charge is 2.48. The Labute approximate surface area is 343 Å². The predicted molar refractivity (Wildman–Crippen MR) is 229 cm³/mol. The number of imide groups is 1. The van der Waals surface area contributed by atoms with Gasteiger partial charge in [0.2, 0.25) is 0 Å². The second kappa shape index (κ2) is 18.6. The molecular formula is C48H69NO7Si. The number of ether oxygens (including phenoxy) is 3. The summed E-state index contributed by atoms with van der Waals surface area (Å²) < 4.78 is 27.6. The molecular weight excluding hydrogens is 731 g/mol. The molecule has 6 rings (SSSR count). The second-order valence-corrected chi connectivity index (χ2v) is 23.8. The summed E-state index contributed by atoms with van der Waals surface area (Å²) in [5.74, 6) is 0.334. The van der Waals surface area contributed by atoms with Gasteiger partial charge in [-0.1, -0.05) is 90.2 Å². The number of rotatable bonds is 17. The topological polar surface area (TPSA) is 94.5 Å². The average Bonchev–Trinajstić information content (AvgIpc) is 3.76. The van der Waals surface area contributed by atoms with Crippen molar-refractivity contribution in [3.63, 3.8) is 0 Å². The van der Waals surface area contributed by atoms with Crippen LogP contribution in [0.3, 0.4) is 0 Å². The molecule has 2 aromatic carbocycles. The SMILES string of the molecule is C=C1C(C[C@@H]2OC(C[C@@H](CN3C(=O)c4ccccc4C3=O)O[Si](C)(C)C(C)(C)C)[C@H](C)C2CCc2ccccc2)OC(CC[C@@H]2O[C@@H](CCCO)CC2=C)C[C@H]1C. The van der Waals surface area contributed by atoms with Crippen molar-refractivity contribution in [2.75, 3.05) is 13.2 Å². The summed E-state index contributed by atoms with van der Waals surface area (Å²) in [6.45, 7) is 25.0. The maximum Gasteiger partial charge on any atom is 0.261 e. The quantitative estimate of drug-likeness (QED) is 0.0968. The minimum atomic E-state index is -2.30. The first-order valence-electron chi connectivity index (χ1n) is 21.7. The van der Waals surface area contributed by atoms with Gasteiger partial charge in [0, 0.05) is 19.4 Å². The number of amides is 2. The molecule has 57 heavy (non-hydrogen) atoms. The molecule has 0 bridgehead atoms. The summed E-state index contributed by atoms with van der Waals surface area (Å²) >= 11 is 0. The maximum absolute atomic E-state index is 13.6. The van der Waals surface area contributed by atoms with E-state index in [0.29, 0.717) is 23.5 Å². The lowest BCUT2D eigenvalue weighted by Gasteiger charge is -2.40. The van der Waals surface area contributed by atoms with Crippen molar-refractivity contribution in [1.29, 1.82) is 0 Å². The van der Waals surface area contributed by atoms with Crippen molar-refractivity contribution in [2.45, 2.75) is 160 Å². The zero-order chi connectivity index (χ0) is 41.1. The van der Waals surface area contributed by atoms with E-state index in [1.807, 2.05) is 12.1 Å². The normalized spacial score (nSPS) is 30.0. The Bertz CT molecular complexity index is 1690. The fourth-order valence-electron chi connectivity index (χ4n) is 9.35. The fourth-order valence-corrected chi connectivity index (χ4v) is 10.7. The van der Waals surface area contributed by atoms with E-state index in [1.54, 1.807) is 12.1 Å². The average molecular weight is 800 g/mol. The van der Waals surface area contributed by atoms with Crippen molar-refractivity contribution in [2.24, 2.45) is 17.8 Å². The maximum atomic E-state index is 13.6. The molecule has 4 unspecified atom stereocenters. The Morgan fingerprint density at radius 3 is 2.16 bits per heavy atom. The Kier molecular flexibility index (Phi) is 14.2. The van der Waals surface area contributed by atoms with E-state index in [2.05, 4.69) is 91.2 Å². The zero-order valence-electron chi connectivity index (χ0n) is 35.7. The van der Waals surface area contributed by atoms with Gasteiger partial charge in [-0.05, 0) is 116 Å². The Morgan fingerprint density at radius 1 is 0.860 bits per heavy atom. The first-order chi connectivity index (χ1) is 27.1. The van der Waals surface area contributed by atoms with Crippen molar-refractivity contribution in [1.82, 2.24) is 4.90 Å². The molecule has 4 heterocycles. The zero-order valence-corrected chi connectivity index (χ0v) is 36.7. The third-order valence-corrected chi connectivity index (χ3v) is 18.5. The number of aliphatic hydroxyl groups excluding tert-OH is 1. The molecule has 312 valence electrons. The summed E-state index contributed by atoms with van der Waals surface area (Å²) in [7, 11) is -2.30. The number of hydrogen-bond acceptors (Lipinski definition) is 7. The highest BCUT2D eigenvalue weighted by atomic mass is 28.4. The van der Waals surface area contributed by atoms with Crippen molar-refractivity contribution < 1.29 is 33.3 Å². The van der Waals surface area contributed by atoms with E-state index >= 15 is 0 Å². The molecule has 10 atom stereocenters. The third kappa shape index (κ3) is 10.3. The van der Waals surface area contributed by atoms with Gasteiger partial charge in [-0.2, -0.15) is 0 Å². The lowest BCUT2D eigenvalue weighted by atomic mass is 9.79. The van der Waals surface area contributed by atoms with Crippen LogP contribution in [0.1, 0.15) is 119 Å². The minimum Gasteiger partial charge on any atom is -0.412 e. The number of benzene rings is 2. The van der Waals surface area contributed by atoms with Crippen LogP contribution in [0, 0.1) is 17.8 Å². The molecule has 8 nitrogen and oxygen atoms in total. The van der Waals surface area contributed by atoms with Crippen molar-refractivity contribution in [3.8, 4) is 0 Å². The van der Waals surface area contributed by atoms with E-state index in [1.165, 1.54) is 10.5 Å². The number of carbonyl (C=O) groups is 2. The predicted octanol–water partition coefficient (Wildman–Crippen LogP) is 9.72. The van der Waals surface area contributed by atoms with E-state index in [4.69, 9.17) is 18.6 Å². The first-order valence-corrected chi connectivity index (χ1v) is 24.6.